The van der Waals surface area contributed by atoms with Crippen molar-refractivity contribution in [2.45, 2.75) is 38.8 Å². The van der Waals surface area contributed by atoms with Crippen LogP contribution in [0.5, 0.6) is 0 Å². The van der Waals surface area contributed by atoms with Crippen LogP contribution in [-0.2, 0) is 13.1 Å². The van der Waals surface area contributed by atoms with E-state index in [2.05, 4.69) is 39.8 Å². The summed E-state index contributed by atoms with van der Waals surface area (Å²) >= 11 is 6.18. The van der Waals surface area contributed by atoms with Gasteiger partial charge in [0.25, 0.3) is 0 Å². The molecule has 25 heavy (non-hydrogen) atoms. The van der Waals surface area contributed by atoms with Gasteiger partial charge in [0.15, 0.2) is 0 Å². The van der Waals surface area contributed by atoms with Crippen LogP contribution in [0.25, 0.3) is 11.0 Å². The summed E-state index contributed by atoms with van der Waals surface area (Å²) in [6, 6.07) is 16.6. The molecule has 0 unspecified atom stereocenters. The summed E-state index contributed by atoms with van der Waals surface area (Å²) in [7, 11) is 0. The molecule has 2 aromatic carbocycles. The van der Waals surface area contributed by atoms with E-state index >= 15 is 0 Å². The zero-order valence-corrected chi connectivity index (χ0v) is 15.3. The van der Waals surface area contributed by atoms with Gasteiger partial charge in [0.2, 0.25) is 0 Å². The van der Waals surface area contributed by atoms with E-state index in [4.69, 9.17) is 16.6 Å². The number of likely N-dealkylation sites (tertiary alicyclic amines) is 1. The predicted octanol–water partition coefficient (Wildman–Crippen LogP) is 5.11. The standard InChI is InChI=1S/C21H24ClN3/c22-18-9-7-8-17(14-18)15-25-20-11-4-3-10-19(20)23-21(25)16-24-12-5-1-2-6-13-24/h3-4,7-11,14H,1-2,5-6,12-13,15-16H2. The number of fused-ring (bicyclic) bond motifs is 1. The first kappa shape index (κ1) is 16.6. The molecule has 1 fully saturated rings. The summed E-state index contributed by atoms with van der Waals surface area (Å²) in [6.07, 6.45) is 5.31. The molecule has 0 atom stereocenters. The van der Waals surface area contributed by atoms with E-state index in [1.807, 2.05) is 18.2 Å². The average molecular weight is 354 g/mol. The maximum absolute atomic E-state index is 6.18. The van der Waals surface area contributed by atoms with Crippen molar-refractivity contribution in [1.82, 2.24) is 14.5 Å². The maximum atomic E-state index is 6.18. The number of benzene rings is 2. The Balaban J connectivity index is 1.67. The summed E-state index contributed by atoms with van der Waals surface area (Å²) in [5.74, 6) is 1.16. The number of nitrogens with zero attached hydrogens (tertiary/aromatic N) is 3. The van der Waals surface area contributed by atoms with Crippen molar-refractivity contribution >= 4 is 22.6 Å². The highest BCUT2D eigenvalue weighted by Gasteiger charge is 2.16. The first-order valence-corrected chi connectivity index (χ1v) is 9.58. The molecule has 1 aromatic heterocycles. The minimum atomic E-state index is 0.788. The molecule has 3 nitrogen and oxygen atoms in total. The Morgan fingerprint density at radius 1 is 0.880 bits per heavy atom. The molecule has 0 spiro atoms. The van der Waals surface area contributed by atoms with E-state index in [0.717, 1.165) is 29.5 Å². The lowest BCUT2D eigenvalue weighted by molar-refractivity contribution is 0.267. The lowest BCUT2D eigenvalue weighted by Crippen LogP contribution is -2.26. The summed E-state index contributed by atoms with van der Waals surface area (Å²) in [6.45, 7) is 4.10. The Kier molecular flexibility index (Phi) is 5.04. The van der Waals surface area contributed by atoms with Crippen LogP contribution in [-0.4, -0.2) is 27.5 Å². The highest BCUT2D eigenvalue weighted by Crippen LogP contribution is 2.21. The molecule has 0 aliphatic carbocycles. The number of hydrogen-bond donors (Lipinski definition) is 0. The second-order valence-electron chi connectivity index (χ2n) is 6.92. The van der Waals surface area contributed by atoms with Crippen molar-refractivity contribution in [3.05, 3.63) is 64.9 Å². The number of imidazole rings is 1. The summed E-state index contributed by atoms with van der Waals surface area (Å²) in [4.78, 5) is 7.50. The summed E-state index contributed by atoms with van der Waals surface area (Å²) in [5.41, 5.74) is 3.49. The Labute approximate surface area is 154 Å². The van der Waals surface area contributed by atoms with Gasteiger partial charge in [0.05, 0.1) is 17.6 Å². The second kappa shape index (κ2) is 7.59. The van der Waals surface area contributed by atoms with Crippen LogP contribution < -0.4 is 0 Å². The highest BCUT2D eigenvalue weighted by atomic mass is 35.5. The predicted molar refractivity (Wildman–Crippen MR) is 104 cm³/mol. The van der Waals surface area contributed by atoms with Crippen molar-refractivity contribution in [1.29, 1.82) is 0 Å². The zero-order valence-electron chi connectivity index (χ0n) is 14.5. The molecule has 4 rings (SSSR count). The van der Waals surface area contributed by atoms with Crippen molar-refractivity contribution in [3.8, 4) is 0 Å². The van der Waals surface area contributed by atoms with E-state index in [0.29, 0.717) is 0 Å². The SMILES string of the molecule is Clc1cccc(Cn2c(CN3CCCCCC3)nc3ccccc32)c1. The van der Waals surface area contributed by atoms with E-state index in [-0.39, 0.29) is 0 Å². The van der Waals surface area contributed by atoms with Gasteiger partial charge in [-0.05, 0) is 55.8 Å². The lowest BCUT2D eigenvalue weighted by atomic mass is 10.2. The molecule has 1 aliphatic rings. The quantitative estimate of drug-likeness (QED) is 0.649. The third-order valence-corrected chi connectivity index (χ3v) is 5.26. The molecule has 0 bridgehead atoms. The molecule has 0 N–H and O–H groups in total. The van der Waals surface area contributed by atoms with Crippen LogP contribution in [0, 0.1) is 0 Å². The Morgan fingerprint density at radius 2 is 1.68 bits per heavy atom. The van der Waals surface area contributed by atoms with E-state index in [1.54, 1.807) is 0 Å². The number of para-hydroxylation sites is 2. The Morgan fingerprint density at radius 3 is 2.48 bits per heavy atom. The van der Waals surface area contributed by atoms with Gasteiger partial charge in [-0.3, -0.25) is 4.90 Å². The molecular formula is C21H24ClN3. The smallest absolute Gasteiger partial charge is 0.124 e. The fourth-order valence-electron chi connectivity index (χ4n) is 3.73. The molecule has 4 heteroatoms. The first-order valence-electron chi connectivity index (χ1n) is 9.20. The van der Waals surface area contributed by atoms with Crippen LogP contribution >= 0.6 is 11.6 Å². The third-order valence-electron chi connectivity index (χ3n) is 5.03. The van der Waals surface area contributed by atoms with Crippen LogP contribution in [0.1, 0.15) is 37.1 Å². The van der Waals surface area contributed by atoms with Crippen LogP contribution in [0.4, 0.5) is 0 Å². The molecular weight excluding hydrogens is 330 g/mol. The van der Waals surface area contributed by atoms with Crippen molar-refractivity contribution in [2.75, 3.05) is 13.1 Å². The molecule has 130 valence electrons. The number of aromatic nitrogens is 2. The van der Waals surface area contributed by atoms with E-state index in [1.165, 1.54) is 49.9 Å². The van der Waals surface area contributed by atoms with Gasteiger partial charge in [-0.15, -0.1) is 0 Å². The van der Waals surface area contributed by atoms with Crippen molar-refractivity contribution in [2.24, 2.45) is 0 Å². The molecule has 0 saturated carbocycles. The molecule has 0 amide bonds. The van der Waals surface area contributed by atoms with Crippen LogP contribution in [0.15, 0.2) is 48.5 Å². The van der Waals surface area contributed by atoms with Gasteiger partial charge >= 0.3 is 0 Å². The van der Waals surface area contributed by atoms with Gasteiger partial charge in [0, 0.05) is 11.6 Å². The first-order chi connectivity index (χ1) is 12.3. The van der Waals surface area contributed by atoms with Crippen molar-refractivity contribution in [3.63, 3.8) is 0 Å². The third kappa shape index (κ3) is 3.88. The highest BCUT2D eigenvalue weighted by molar-refractivity contribution is 6.30. The largest absolute Gasteiger partial charge is 0.322 e. The number of hydrogen-bond acceptors (Lipinski definition) is 2. The number of halogens is 1. The minimum Gasteiger partial charge on any atom is -0.322 e. The monoisotopic (exact) mass is 353 g/mol. The molecule has 2 heterocycles. The molecule has 1 aliphatic heterocycles. The summed E-state index contributed by atoms with van der Waals surface area (Å²) < 4.78 is 2.35. The van der Waals surface area contributed by atoms with Gasteiger partial charge in [-0.25, -0.2) is 4.98 Å². The second-order valence-corrected chi connectivity index (χ2v) is 7.36. The maximum Gasteiger partial charge on any atom is 0.124 e. The topological polar surface area (TPSA) is 21.1 Å². The molecule has 0 radical (unpaired) electrons. The zero-order chi connectivity index (χ0) is 17.1. The number of rotatable bonds is 4. The lowest BCUT2D eigenvalue weighted by Gasteiger charge is -2.20. The summed E-state index contributed by atoms with van der Waals surface area (Å²) in [5, 5.41) is 0.788. The van der Waals surface area contributed by atoms with E-state index < -0.39 is 0 Å². The fourth-order valence-corrected chi connectivity index (χ4v) is 3.95. The average Bonchev–Trinajstić information content (AvgIpc) is 2.78. The van der Waals surface area contributed by atoms with Gasteiger partial charge in [0.1, 0.15) is 5.82 Å². The van der Waals surface area contributed by atoms with Gasteiger partial charge < -0.3 is 4.57 Å². The molecule has 1 saturated heterocycles. The fraction of sp³-hybridized carbons (Fsp3) is 0.381. The Hall–Kier alpha value is -1.84. The van der Waals surface area contributed by atoms with Gasteiger partial charge in [-0.1, -0.05) is 48.7 Å². The molecule has 3 aromatic rings. The van der Waals surface area contributed by atoms with E-state index in [9.17, 15) is 0 Å². The normalized spacial score (nSPS) is 16.2. The van der Waals surface area contributed by atoms with Gasteiger partial charge in [-0.2, -0.15) is 0 Å². The van der Waals surface area contributed by atoms with Crippen LogP contribution in [0.3, 0.4) is 0 Å². The Bertz CT molecular complexity index is 847. The van der Waals surface area contributed by atoms with Crippen LogP contribution in [0.2, 0.25) is 5.02 Å². The minimum absolute atomic E-state index is 0.788. The van der Waals surface area contributed by atoms with Crippen molar-refractivity contribution < 1.29 is 0 Å².